The van der Waals surface area contributed by atoms with E-state index in [9.17, 15) is 14.7 Å². The molecule has 0 saturated heterocycles. The molecule has 7 nitrogen and oxygen atoms in total. The fourth-order valence-electron chi connectivity index (χ4n) is 3.11. The largest absolute Gasteiger partial charge is 0.505 e. The number of nitrogens with one attached hydrogen (secondary N) is 2. The van der Waals surface area contributed by atoms with Crippen LogP contribution in [0.5, 0.6) is 5.75 Å². The molecule has 7 heteroatoms. The Labute approximate surface area is 151 Å². The minimum atomic E-state index is -1.16. The number of anilines is 1. The van der Waals surface area contributed by atoms with Crippen LogP contribution in [-0.4, -0.2) is 39.7 Å². The zero-order chi connectivity index (χ0) is 18.8. The number of carbonyl (C=O) groups is 2. The molecule has 26 heavy (non-hydrogen) atoms. The third kappa shape index (κ3) is 3.46. The van der Waals surface area contributed by atoms with Gasteiger partial charge in [-0.05, 0) is 49.9 Å². The van der Waals surface area contributed by atoms with Crippen molar-refractivity contribution in [3.8, 4) is 16.9 Å². The maximum Gasteiger partial charge on any atom is 0.322 e. The van der Waals surface area contributed by atoms with Crippen LogP contribution >= 0.6 is 0 Å². The Kier molecular flexibility index (Phi) is 4.79. The number of benzene rings is 1. The smallest absolute Gasteiger partial charge is 0.322 e. The molecule has 2 heterocycles. The van der Waals surface area contributed by atoms with Crippen molar-refractivity contribution >= 4 is 17.6 Å². The van der Waals surface area contributed by atoms with Gasteiger partial charge in [-0.15, -0.1) is 0 Å². The number of pyridine rings is 1. The van der Waals surface area contributed by atoms with Crippen molar-refractivity contribution in [2.75, 3.05) is 11.9 Å². The highest BCUT2D eigenvalue weighted by Gasteiger charge is 2.20. The molecule has 0 radical (unpaired) electrons. The summed E-state index contributed by atoms with van der Waals surface area (Å²) >= 11 is 0. The van der Waals surface area contributed by atoms with Crippen LogP contribution in [-0.2, 0) is 11.2 Å². The molecule has 1 aromatic heterocycles. The first kappa shape index (κ1) is 17.7. The summed E-state index contributed by atoms with van der Waals surface area (Å²) in [7, 11) is 0. The minimum Gasteiger partial charge on any atom is -0.505 e. The molecule has 1 aliphatic heterocycles. The van der Waals surface area contributed by atoms with E-state index >= 15 is 0 Å². The average Bonchev–Trinajstić information content (AvgIpc) is 2.61. The second-order valence-corrected chi connectivity index (χ2v) is 6.53. The van der Waals surface area contributed by atoms with Gasteiger partial charge >= 0.3 is 5.97 Å². The molecule has 1 aliphatic rings. The van der Waals surface area contributed by atoms with E-state index in [0.29, 0.717) is 11.6 Å². The highest BCUT2D eigenvalue weighted by molar-refractivity contribution is 5.97. The average molecular weight is 355 g/mol. The number of fused-ring (bicyclic) bond motifs is 1. The quantitative estimate of drug-likeness (QED) is 0.670. The van der Waals surface area contributed by atoms with Crippen LogP contribution in [0.2, 0.25) is 0 Å². The number of carbonyl (C=O) groups excluding carboxylic acids is 1. The molecule has 4 N–H and O–H groups in total. The Bertz CT molecular complexity index is 879. The molecule has 0 aliphatic carbocycles. The fourth-order valence-corrected chi connectivity index (χ4v) is 3.11. The number of hydrogen-bond acceptors (Lipinski definition) is 5. The van der Waals surface area contributed by atoms with Gasteiger partial charge in [0.1, 0.15) is 12.3 Å². The van der Waals surface area contributed by atoms with Gasteiger partial charge < -0.3 is 20.8 Å². The Hall–Kier alpha value is -3.09. The lowest BCUT2D eigenvalue weighted by molar-refractivity contribution is -0.135. The number of carboxylic acid groups (broad SMARTS) is 1. The highest BCUT2D eigenvalue weighted by Crippen LogP contribution is 2.34. The number of aliphatic carboxylic acids is 1. The van der Waals surface area contributed by atoms with Crippen LogP contribution < -0.4 is 10.6 Å². The third-order valence-corrected chi connectivity index (χ3v) is 4.59. The van der Waals surface area contributed by atoms with Gasteiger partial charge in [0.2, 0.25) is 0 Å². The molecule has 0 spiro atoms. The van der Waals surface area contributed by atoms with Gasteiger partial charge in [-0.25, -0.2) is 4.98 Å². The molecule has 1 atom stereocenters. The van der Waals surface area contributed by atoms with E-state index in [-0.39, 0.29) is 11.4 Å². The second-order valence-electron chi connectivity index (χ2n) is 6.53. The van der Waals surface area contributed by atoms with Crippen LogP contribution in [0.4, 0.5) is 5.69 Å². The van der Waals surface area contributed by atoms with Gasteiger partial charge in [0.15, 0.2) is 5.69 Å². The predicted octanol–water partition coefficient (Wildman–Crippen LogP) is 2.32. The Balaban J connectivity index is 1.91. The van der Waals surface area contributed by atoms with E-state index in [1.54, 1.807) is 6.92 Å². The van der Waals surface area contributed by atoms with E-state index in [4.69, 9.17) is 5.11 Å². The summed E-state index contributed by atoms with van der Waals surface area (Å²) in [5.41, 5.74) is 4.32. The van der Waals surface area contributed by atoms with E-state index in [0.717, 1.165) is 29.7 Å². The lowest BCUT2D eigenvalue weighted by Gasteiger charge is -2.24. The van der Waals surface area contributed by atoms with E-state index < -0.39 is 18.4 Å². The fraction of sp³-hybridized carbons (Fsp3) is 0.316. The Morgan fingerprint density at radius 2 is 2.15 bits per heavy atom. The molecule has 136 valence electrons. The van der Waals surface area contributed by atoms with Gasteiger partial charge in [0, 0.05) is 29.1 Å². The van der Waals surface area contributed by atoms with Crippen molar-refractivity contribution in [3.63, 3.8) is 0 Å². The number of amides is 1. The lowest BCUT2D eigenvalue weighted by atomic mass is 9.93. The number of carboxylic acids is 1. The van der Waals surface area contributed by atoms with Gasteiger partial charge in [-0.2, -0.15) is 0 Å². The molecular weight excluding hydrogens is 334 g/mol. The molecule has 1 unspecified atom stereocenters. The van der Waals surface area contributed by atoms with Crippen LogP contribution in [0.15, 0.2) is 24.4 Å². The van der Waals surface area contributed by atoms with Gasteiger partial charge in [-0.1, -0.05) is 6.07 Å². The Morgan fingerprint density at radius 3 is 2.88 bits per heavy atom. The summed E-state index contributed by atoms with van der Waals surface area (Å²) in [5, 5.41) is 24.6. The van der Waals surface area contributed by atoms with E-state index in [2.05, 4.69) is 28.6 Å². The van der Waals surface area contributed by atoms with Crippen molar-refractivity contribution in [2.24, 2.45) is 0 Å². The molecule has 0 fully saturated rings. The summed E-state index contributed by atoms with van der Waals surface area (Å²) in [5.74, 6) is -2.12. The lowest BCUT2D eigenvalue weighted by Crippen LogP contribution is -2.30. The first-order valence-corrected chi connectivity index (χ1v) is 8.45. The molecule has 0 bridgehead atoms. The van der Waals surface area contributed by atoms with Crippen molar-refractivity contribution in [1.29, 1.82) is 0 Å². The van der Waals surface area contributed by atoms with Crippen molar-refractivity contribution in [1.82, 2.24) is 10.3 Å². The summed E-state index contributed by atoms with van der Waals surface area (Å²) in [6, 6.07) is 6.49. The topological polar surface area (TPSA) is 112 Å². The number of hydrogen-bond donors (Lipinski definition) is 4. The predicted molar refractivity (Wildman–Crippen MR) is 97.4 cm³/mol. The summed E-state index contributed by atoms with van der Waals surface area (Å²) in [4.78, 5) is 26.6. The molecule has 0 saturated carbocycles. The number of rotatable bonds is 4. The maximum atomic E-state index is 12.0. The molecule has 1 amide bonds. The van der Waals surface area contributed by atoms with Crippen LogP contribution in [0.25, 0.3) is 11.1 Å². The first-order chi connectivity index (χ1) is 12.4. The molecular formula is C19H21N3O4. The highest BCUT2D eigenvalue weighted by atomic mass is 16.4. The standard InChI is InChI=1S/C19H21N3O4/c1-10-3-4-13-7-12(5-6-15(13)22-10)14-8-20-17(18(25)11(14)2)19(26)21-9-16(23)24/h5-8,10,22,25H,3-4,9H2,1-2H3,(H,21,26)(H,23,24). The minimum absolute atomic E-state index is 0.180. The summed E-state index contributed by atoms with van der Waals surface area (Å²) in [6.07, 6.45) is 3.57. The third-order valence-electron chi connectivity index (χ3n) is 4.59. The summed E-state index contributed by atoms with van der Waals surface area (Å²) in [6.45, 7) is 3.33. The number of nitrogens with zero attached hydrogens (tertiary/aromatic N) is 1. The first-order valence-electron chi connectivity index (χ1n) is 8.45. The number of aromatic nitrogens is 1. The SMILES string of the molecule is Cc1c(-c2ccc3c(c2)CCC(C)N3)cnc(C(=O)NCC(=O)O)c1O. The monoisotopic (exact) mass is 355 g/mol. The van der Waals surface area contributed by atoms with Crippen molar-refractivity contribution in [2.45, 2.75) is 32.7 Å². The normalized spacial score (nSPS) is 15.7. The zero-order valence-corrected chi connectivity index (χ0v) is 14.7. The zero-order valence-electron chi connectivity index (χ0n) is 14.7. The molecule has 2 aromatic rings. The van der Waals surface area contributed by atoms with Crippen LogP contribution in [0, 0.1) is 6.92 Å². The van der Waals surface area contributed by atoms with Crippen LogP contribution in [0.1, 0.15) is 35.0 Å². The van der Waals surface area contributed by atoms with Crippen LogP contribution in [0.3, 0.4) is 0 Å². The maximum absolute atomic E-state index is 12.0. The summed E-state index contributed by atoms with van der Waals surface area (Å²) < 4.78 is 0. The number of aromatic hydroxyl groups is 1. The van der Waals surface area contributed by atoms with Gasteiger partial charge in [0.05, 0.1) is 0 Å². The van der Waals surface area contributed by atoms with Crippen molar-refractivity contribution in [3.05, 3.63) is 41.2 Å². The van der Waals surface area contributed by atoms with Gasteiger partial charge in [0.25, 0.3) is 5.91 Å². The number of aryl methyl sites for hydroxylation is 1. The van der Waals surface area contributed by atoms with E-state index in [1.165, 1.54) is 11.8 Å². The Morgan fingerprint density at radius 1 is 1.38 bits per heavy atom. The van der Waals surface area contributed by atoms with E-state index in [1.807, 2.05) is 12.1 Å². The second kappa shape index (κ2) is 7.03. The molecule has 1 aromatic carbocycles. The van der Waals surface area contributed by atoms with Crippen molar-refractivity contribution < 1.29 is 19.8 Å². The molecule has 3 rings (SSSR count). The van der Waals surface area contributed by atoms with Gasteiger partial charge in [-0.3, -0.25) is 9.59 Å².